The second kappa shape index (κ2) is 6.66. The third-order valence-corrected chi connectivity index (χ3v) is 7.74. The number of nitrogens with zero attached hydrogens (tertiary/aromatic N) is 1. The molecule has 5 nitrogen and oxygen atoms in total. The maximum atomic E-state index is 12.7. The van der Waals surface area contributed by atoms with E-state index in [1.807, 2.05) is 4.90 Å². The number of ether oxygens (including phenoxy) is 1. The van der Waals surface area contributed by atoms with Crippen molar-refractivity contribution in [1.82, 2.24) is 4.90 Å². The Hall–Kier alpha value is -1.36. The number of rotatable bonds is 2. The van der Waals surface area contributed by atoms with Gasteiger partial charge < -0.3 is 14.5 Å². The molecule has 26 heavy (non-hydrogen) atoms. The van der Waals surface area contributed by atoms with E-state index in [4.69, 9.17) is 4.74 Å². The van der Waals surface area contributed by atoms with Gasteiger partial charge in [0, 0.05) is 12.8 Å². The van der Waals surface area contributed by atoms with Crippen LogP contribution in [0, 0.1) is 23.2 Å². The number of hydrogen-bond donors (Lipinski definition) is 1. The molecule has 0 bridgehead atoms. The van der Waals surface area contributed by atoms with Crippen molar-refractivity contribution in [2.75, 3.05) is 32.7 Å². The number of carbonyl (C=O) groups is 2. The molecular formula is C21H33N2O3+. The first kappa shape index (κ1) is 18.0. The van der Waals surface area contributed by atoms with E-state index < -0.39 is 0 Å². The van der Waals surface area contributed by atoms with Crippen molar-refractivity contribution >= 4 is 11.9 Å². The summed E-state index contributed by atoms with van der Waals surface area (Å²) in [6.45, 7) is 12.7. The first-order chi connectivity index (χ1) is 12.4. The topological polar surface area (TPSA) is 51.1 Å². The number of fused-ring (bicyclic) bond motifs is 2. The molecule has 0 aromatic heterocycles. The summed E-state index contributed by atoms with van der Waals surface area (Å²) in [5.74, 6) is 1.12. The summed E-state index contributed by atoms with van der Waals surface area (Å²) in [6, 6.07) is 0. The predicted octanol–water partition coefficient (Wildman–Crippen LogP) is 1.05. The third-order valence-electron chi connectivity index (χ3n) is 7.74. The average Bonchev–Trinajstić information content (AvgIpc) is 2.88. The van der Waals surface area contributed by atoms with Gasteiger partial charge in [-0.05, 0) is 43.4 Å². The fourth-order valence-electron chi connectivity index (χ4n) is 6.14. The molecule has 2 heterocycles. The molecule has 0 radical (unpaired) electrons. The number of carbonyl (C=O) groups excluding carboxylic acids is 2. The standard InChI is InChI=1S/C21H32N2O3/c1-14-5-4-6-21(3)12-19-16(11-18(14)21)17(20(25)26-19)13-22-7-9-23(10-8-22)15(2)24/h16-19H,1,4-13H2,2-3H3/p+1/t16-,17-,18+,19-,21-/m1/s1. The lowest BCUT2D eigenvalue weighted by atomic mass is 9.55. The van der Waals surface area contributed by atoms with Crippen LogP contribution in [0.3, 0.4) is 0 Å². The Balaban J connectivity index is 1.43. The summed E-state index contributed by atoms with van der Waals surface area (Å²) < 4.78 is 5.88. The van der Waals surface area contributed by atoms with Crippen LogP contribution in [-0.4, -0.2) is 55.6 Å². The Bertz CT molecular complexity index is 610. The van der Waals surface area contributed by atoms with Gasteiger partial charge in [-0.1, -0.05) is 19.1 Å². The van der Waals surface area contributed by atoms with Crippen LogP contribution in [0.25, 0.3) is 0 Å². The van der Waals surface area contributed by atoms with Gasteiger partial charge in [0.25, 0.3) is 0 Å². The first-order valence-electron chi connectivity index (χ1n) is 10.3. The minimum atomic E-state index is 0.0226. The van der Waals surface area contributed by atoms with Gasteiger partial charge in [0.1, 0.15) is 12.0 Å². The highest BCUT2D eigenvalue weighted by Crippen LogP contribution is 2.56. The molecule has 2 saturated carbocycles. The lowest BCUT2D eigenvalue weighted by Gasteiger charge is -2.50. The largest absolute Gasteiger partial charge is 0.462 e. The smallest absolute Gasteiger partial charge is 0.315 e. The number of nitrogens with one attached hydrogen (secondary N) is 1. The number of amides is 1. The summed E-state index contributed by atoms with van der Waals surface area (Å²) in [5, 5.41) is 0. The molecule has 1 N–H and O–H groups in total. The fourth-order valence-corrected chi connectivity index (χ4v) is 6.14. The van der Waals surface area contributed by atoms with Crippen molar-refractivity contribution in [2.45, 2.75) is 52.1 Å². The second-order valence-electron chi connectivity index (χ2n) is 9.36. The number of quaternary nitrogens is 1. The molecule has 0 unspecified atom stereocenters. The Morgan fingerprint density at radius 3 is 2.81 bits per heavy atom. The molecule has 0 spiro atoms. The Morgan fingerprint density at radius 2 is 2.12 bits per heavy atom. The second-order valence-corrected chi connectivity index (χ2v) is 9.36. The fraction of sp³-hybridized carbons (Fsp3) is 0.810. The van der Waals surface area contributed by atoms with Crippen molar-refractivity contribution in [3.8, 4) is 0 Å². The Morgan fingerprint density at radius 1 is 1.38 bits per heavy atom. The monoisotopic (exact) mass is 361 g/mol. The molecule has 4 rings (SSSR count). The Labute approximate surface area is 156 Å². The van der Waals surface area contributed by atoms with Crippen molar-refractivity contribution in [1.29, 1.82) is 0 Å². The van der Waals surface area contributed by atoms with Gasteiger partial charge in [0.15, 0.2) is 0 Å². The predicted molar refractivity (Wildman–Crippen MR) is 98.5 cm³/mol. The molecule has 4 aliphatic rings. The van der Waals surface area contributed by atoms with E-state index in [-0.39, 0.29) is 29.3 Å². The summed E-state index contributed by atoms with van der Waals surface area (Å²) in [5.41, 5.74) is 1.67. The minimum absolute atomic E-state index is 0.0226. The average molecular weight is 362 g/mol. The maximum absolute atomic E-state index is 12.7. The van der Waals surface area contributed by atoms with E-state index in [1.165, 1.54) is 23.3 Å². The van der Waals surface area contributed by atoms with Crippen LogP contribution in [0.15, 0.2) is 12.2 Å². The lowest BCUT2D eigenvalue weighted by molar-refractivity contribution is -0.906. The highest BCUT2D eigenvalue weighted by Gasteiger charge is 2.56. The zero-order valence-corrected chi connectivity index (χ0v) is 16.3. The lowest BCUT2D eigenvalue weighted by Crippen LogP contribution is -3.15. The summed E-state index contributed by atoms with van der Waals surface area (Å²) in [7, 11) is 0. The van der Waals surface area contributed by atoms with E-state index in [2.05, 4.69) is 13.5 Å². The molecule has 0 aromatic carbocycles. The normalized spacial score (nSPS) is 40.8. The molecule has 5 heteroatoms. The zero-order valence-electron chi connectivity index (χ0n) is 16.3. The maximum Gasteiger partial charge on any atom is 0.315 e. The minimum Gasteiger partial charge on any atom is -0.462 e. The summed E-state index contributed by atoms with van der Waals surface area (Å²) in [4.78, 5) is 27.5. The van der Waals surface area contributed by atoms with E-state index >= 15 is 0 Å². The Kier molecular flexibility index (Phi) is 4.62. The number of allylic oxidation sites excluding steroid dienone is 1. The molecule has 0 aromatic rings. The third kappa shape index (κ3) is 3.08. The zero-order chi connectivity index (χ0) is 18.5. The molecule has 2 saturated heterocycles. The van der Waals surface area contributed by atoms with Crippen LogP contribution in [0.2, 0.25) is 0 Å². The molecule has 2 aliphatic carbocycles. The van der Waals surface area contributed by atoms with Gasteiger partial charge in [-0.15, -0.1) is 0 Å². The van der Waals surface area contributed by atoms with Crippen LogP contribution in [0.5, 0.6) is 0 Å². The molecule has 1 amide bonds. The van der Waals surface area contributed by atoms with Crippen LogP contribution >= 0.6 is 0 Å². The quantitative estimate of drug-likeness (QED) is 0.591. The van der Waals surface area contributed by atoms with E-state index in [9.17, 15) is 9.59 Å². The number of piperazine rings is 1. The number of hydrogen-bond acceptors (Lipinski definition) is 3. The van der Waals surface area contributed by atoms with Gasteiger partial charge in [-0.3, -0.25) is 9.59 Å². The van der Waals surface area contributed by atoms with Crippen LogP contribution < -0.4 is 4.90 Å². The molecule has 2 aliphatic heterocycles. The van der Waals surface area contributed by atoms with E-state index in [1.54, 1.807) is 6.92 Å². The summed E-state index contributed by atoms with van der Waals surface area (Å²) in [6.07, 6.45) is 5.80. The molecule has 144 valence electrons. The van der Waals surface area contributed by atoms with Gasteiger partial charge in [-0.25, -0.2) is 0 Å². The SMILES string of the molecule is C=C1CCC[C@]2(C)C[C@H]3OC(=O)[C@H](C[NH+]4CCN(C(C)=O)CC4)[C@H]3C[C@@H]12. The highest BCUT2D eigenvalue weighted by molar-refractivity contribution is 5.75. The highest BCUT2D eigenvalue weighted by atomic mass is 16.6. The van der Waals surface area contributed by atoms with Crippen LogP contribution in [0.4, 0.5) is 0 Å². The first-order valence-corrected chi connectivity index (χ1v) is 10.3. The van der Waals surface area contributed by atoms with Crippen LogP contribution in [0.1, 0.15) is 46.0 Å². The van der Waals surface area contributed by atoms with E-state index in [0.717, 1.165) is 52.0 Å². The van der Waals surface area contributed by atoms with Crippen molar-refractivity contribution in [2.24, 2.45) is 23.2 Å². The molecular weight excluding hydrogens is 328 g/mol. The van der Waals surface area contributed by atoms with E-state index in [0.29, 0.717) is 11.8 Å². The number of esters is 1. The molecule has 5 atom stereocenters. The van der Waals surface area contributed by atoms with Crippen molar-refractivity contribution < 1.29 is 19.2 Å². The van der Waals surface area contributed by atoms with Crippen molar-refractivity contribution in [3.05, 3.63) is 12.2 Å². The molecule has 4 fully saturated rings. The van der Waals surface area contributed by atoms with Gasteiger partial charge in [-0.2, -0.15) is 0 Å². The summed E-state index contributed by atoms with van der Waals surface area (Å²) >= 11 is 0. The van der Waals surface area contributed by atoms with Gasteiger partial charge >= 0.3 is 5.97 Å². The van der Waals surface area contributed by atoms with Gasteiger partial charge in [0.05, 0.1) is 32.7 Å². The van der Waals surface area contributed by atoms with Crippen molar-refractivity contribution in [3.63, 3.8) is 0 Å². The van der Waals surface area contributed by atoms with Gasteiger partial charge in [0.2, 0.25) is 5.91 Å². The van der Waals surface area contributed by atoms with Crippen LogP contribution in [-0.2, 0) is 14.3 Å².